The molecule has 0 rings (SSSR count). The first-order valence-electron chi connectivity index (χ1n) is 4.00. The van der Waals surface area contributed by atoms with Gasteiger partial charge in [-0.3, -0.25) is 19.6 Å². The molecule has 0 saturated carbocycles. The van der Waals surface area contributed by atoms with Gasteiger partial charge in [0, 0.05) is 6.42 Å². The first kappa shape index (κ1) is 13.8. The normalized spacial score (nSPS) is 11.0. The number of carbonyl (C=O) groups is 2. The summed E-state index contributed by atoms with van der Waals surface area (Å²) >= 11 is 0. The van der Waals surface area contributed by atoms with Gasteiger partial charge in [0.15, 0.2) is 0 Å². The Hall–Kier alpha value is -1.19. The Morgan fingerprint density at radius 3 is 2.33 bits per heavy atom. The fourth-order valence-corrected chi connectivity index (χ4v) is 1.21. The molecule has 0 aliphatic rings. The summed E-state index contributed by atoms with van der Waals surface area (Å²) in [4.78, 5) is 20.9. The lowest BCUT2D eigenvalue weighted by Gasteiger charge is -2.03. The summed E-state index contributed by atoms with van der Waals surface area (Å²) in [7, 11) is -4.05. The lowest BCUT2D eigenvalue weighted by atomic mass is 10.3. The molecule has 8 nitrogen and oxygen atoms in total. The van der Waals surface area contributed by atoms with Crippen LogP contribution in [0.4, 0.5) is 0 Å². The molecule has 0 unspecified atom stereocenters. The van der Waals surface area contributed by atoms with Gasteiger partial charge in [-0.2, -0.15) is 8.42 Å². The average Bonchev–Trinajstić information content (AvgIpc) is 2.00. The van der Waals surface area contributed by atoms with Crippen molar-refractivity contribution in [1.29, 1.82) is 0 Å². The van der Waals surface area contributed by atoms with Crippen LogP contribution in [0.5, 0.6) is 0 Å². The van der Waals surface area contributed by atoms with Crippen LogP contribution in [0.2, 0.25) is 0 Å². The molecular formula is C6H12N2O6S. The van der Waals surface area contributed by atoms with Gasteiger partial charge in [0.25, 0.3) is 10.1 Å². The van der Waals surface area contributed by atoms with Crippen molar-refractivity contribution in [2.24, 2.45) is 0 Å². The second-order valence-electron chi connectivity index (χ2n) is 2.69. The highest BCUT2D eigenvalue weighted by molar-refractivity contribution is 7.85. The van der Waals surface area contributed by atoms with E-state index in [2.05, 4.69) is 10.9 Å². The summed E-state index contributed by atoms with van der Waals surface area (Å²) in [5.41, 5.74) is 4.18. The van der Waals surface area contributed by atoms with Crippen LogP contribution in [0, 0.1) is 0 Å². The third-order valence-electron chi connectivity index (χ3n) is 1.27. The summed E-state index contributed by atoms with van der Waals surface area (Å²) in [5.74, 6) is -2.17. The number of aliphatic carboxylic acids is 1. The standard InChI is InChI=1S/C6H12N2O6S/c9-5(8-7-4-6(10)11)2-1-3-15(12,13)14/h7H,1-4H2,(H,8,9)(H,10,11)(H,12,13,14). The molecule has 9 heteroatoms. The summed E-state index contributed by atoms with van der Waals surface area (Å²) in [6, 6.07) is 0. The summed E-state index contributed by atoms with van der Waals surface area (Å²) in [6.45, 7) is -0.427. The number of carboxylic acid groups (broad SMARTS) is 1. The van der Waals surface area contributed by atoms with Gasteiger partial charge in [0.05, 0.1) is 5.75 Å². The van der Waals surface area contributed by atoms with Crippen LogP contribution in [0.1, 0.15) is 12.8 Å². The van der Waals surface area contributed by atoms with Crippen molar-refractivity contribution >= 4 is 22.0 Å². The monoisotopic (exact) mass is 240 g/mol. The molecule has 88 valence electrons. The molecule has 0 fully saturated rings. The number of hydrogen-bond donors (Lipinski definition) is 4. The molecule has 0 aliphatic heterocycles. The number of nitrogens with one attached hydrogen (secondary N) is 2. The van der Waals surface area contributed by atoms with E-state index in [4.69, 9.17) is 9.66 Å². The minimum absolute atomic E-state index is 0.0284. The third kappa shape index (κ3) is 10.7. The van der Waals surface area contributed by atoms with E-state index in [-0.39, 0.29) is 12.8 Å². The summed E-state index contributed by atoms with van der Waals surface area (Å²) in [6.07, 6.45) is -0.147. The maximum atomic E-state index is 10.9. The topological polar surface area (TPSA) is 133 Å². The van der Waals surface area contributed by atoms with Crippen molar-refractivity contribution in [3.05, 3.63) is 0 Å². The molecule has 4 N–H and O–H groups in total. The van der Waals surface area contributed by atoms with Crippen LogP contribution in [-0.2, 0) is 19.7 Å². The second-order valence-corrected chi connectivity index (χ2v) is 4.26. The number of carboxylic acids is 1. The predicted octanol–water partition coefficient (Wildman–Crippen LogP) is -1.64. The number of hydrogen-bond acceptors (Lipinski definition) is 5. The number of hydrazine groups is 1. The number of rotatable bonds is 7. The van der Waals surface area contributed by atoms with Gasteiger partial charge in [-0.05, 0) is 6.42 Å². The minimum Gasteiger partial charge on any atom is -0.480 e. The molecule has 0 radical (unpaired) electrons. The van der Waals surface area contributed by atoms with Crippen molar-refractivity contribution in [2.45, 2.75) is 12.8 Å². The fourth-order valence-electron chi connectivity index (χ4n) is 0.696. The SMILES string of the molecule is O=C(O)CNNC(=O)CCCS(=O)(=O)O. The van der Waals surface area contributed by atoms with Crippen LogP contribution in [0.25, 0.3) is 0 Å². The molecule has 0 aromatic carbocycles. The summed E-state index contributed by atoms with van der Waals surface area (Å²) < 4.78 is 28.8. The van der Waals surface area contributed by atoms with E-state index in [1.165, 1.54) is 0 Å². The molecule has 0 bridgehead atoms. The van der Waals surface area contributed by atoms with Gasteiger partial charge in [-0.25, -0.2) is 5.43 Å². The molecule has 1 amide bonds. The van der Waals surface area contributed by atoms with Gasteiger partial charge < -0.3 is 5.11 Å². The molecule has 0 saturated heterocycles. The van der Waals surface area contributed by atoms with Gasteiger partial charge in [-0.1, -0.05) is 0 Å². The van der Waals surface area contributed by atoms with E-state index >= 15 is 0 Å². The highest BCUT2D eigenvalue weighted by Gasteiger charge is 2.07. The van der Waals surface area contributed by atoms with Crippen molar-refractivity contribution < 1.29 is 27.7 Å². The quantitative estimate of drug-likeness (QED) is 0.310. The smallest absolute Gasteiger partial charge is 0.319 e. The van der Waals surface area contributed by atoms with E-state index < -0.39 is 34.3 Å². The summed E-state index contributed by atoms with van der Waals surface area (Å²) in [5, 5.41) is 8.18. The van der Waals surface area contributed by atoms with Crippen LogP contribution in [0.15, 0.2) is 0 Å². The van der Waals surface area contributed by atoms with E-state index in [0.29, 0.717) is 0 Å². The zero-order valence-corrected chi connectivity index (χ0v) is 8.58. The Morgan fingerprint density at radius 1 is 1.27 bits per heavy atom. The highest BCUT2D eigenvalue weighted by Crippen LogP contribution is 1.93. The van der Waals surface area contributed by atoms with Crippen LogP contribution < -0.4 is 10.9 Å². The largest absolute Gasteiger partial charge is 0.480 e. The lowest BCUT2D eigenvalue weighted by molar-refractivity contribution is -0.136. The molecule has 0 aromatic rings. The number of carbonyl (C=O) groups excluding carboxylic acids is 1. The molecule has 0 atom stereocenters. The zero-order chi connectivity index (χ0) is 11.9. The maximum absolute atomic E-state index is 10.9. The molecule has 0 heterocycles. The molecule has 0 aromatic heterocycles. The predicted molar refractivity (Wildman–Crippen MR) is 49.4 cm³/mol. The Labute approximate surface area is 86.4 Å². The zero-order valence-electron chi connectivity index (χ0n) is 7.76. The van der Waals surface area contributed by atoms with E-state index in [9.17, 15) is 18.0 Å². The first-order valence-corrected chi connectivity index (χ1v) is 5.61. The van der Waals surface area contributed by atoms with E-state index in [1.54, 1.807) is 0 Å². The van der Waals surface area contributed by atoms with E-state index in [1.807, 2.05) is 0 Å². The molecule has 0 aliphatic carbocycles. The average molecular weight is 240 g/mol. The maximum Gasteiger partial charge on any atom is 0.319 e. The first-order chi connectivity index (χ1) is 6.81. The Balaban J connectivity index is 3.54. The molecule has 15 heavy (non-hydrogen) atoms. The van der Waals surface area contributed by atoms with Crippen molar-refractivity contribution in [3.63, 3.8) is 0 Å². The van der Waals surface area contributed by atoms with Crippen molar-refractivity contribution in [1.82, 2.24) is 10.9 Å². The molecular weight excluding hydrogens is 228 g/mol. The van der Waals surface area contributed by atoms with Crippen LogP contribution in [-0.4, -0.2) is 42.3 Å². The Kier molecular flexibility index (Phi) is 5.82. The van der Waals surface area contributed by atoms with Gasteiger partial charge in [0.1, 0.15) is 6.54 Å². The van der Waals surface area contributed by atoms with Crippen molar-refractivity contribution in [3.8, 4) is 0 Å². The van der Waals surface area contributed by atoms with Crippen LogP contribution in [0.3, 0.4) is 0 Å². The van der Waals surface area contributed by atoms with Crippen LogP contribution >= 0.6 is 0 Å². The lowest BCUT2D eigenvalue weighted by Crippen LogP contribution is -2.40. The van der Waals surface area contributed by atoms with Gasteiger partial charge in [0.2, 0.25) is 5.91 Å². The van der Waals surface area contributed by atoms with E-state index in [0.717, 1.165) is 0 Å². The molecule has 0 spiro atoms. The highest BCUT2D eigenvalue weighted by atomic mass is 32.2. The fraction of sp³-hybridized carbons (Fsp3) is 0.667. The third-order valence-corrected chi connectivity index (χ3v) is 2.08. The van der Waals surface area contributed by atoms with Crippen molar-refractivity contribution in [2.75, 3.05) is 12.3 Å². The Morgan fingerprint density at radius 2 is 1.87 bits per heavy atom. The minimum atomic E-state index is -4.05. The Bertz CT molecular complexity index is 325. The van der Waals surface area contributed by atoms with Gasteiger partial charge >= 0.3 is 5.97 Å². The second kappa shape index (κ2) is 6.32. The number of amides is 1. The van der Waals surface area contributed by atoms with Gasteiger partial charge in [-0.15, -0.1) is 0 Å².